The van der Waals surface area contributed by atoms with Crippen molar-refractivity contribution in [2.75, 3.05) is 0 Å². The summed E-state index contributed by atoms with van der Waals surface area (Å²) in [6.45, 7) is 13.2. The minimum atomic E-state index is -0.854. The maximum atomic E-state index is 12.8. The van der Waals surface area contributed by atoms with Gasteiger partial charge in [-0.15, -0.1) is 11.8 Å². The van der Waals surface area contributed by atoms with Crippen molar-refractivity contribution in [1.29, 1.82) is 0 Å². The lowest BCUT2D eigenvalue weighted by Crippen LogP contribution is -2.47. The minimum absolute atomic E-state index is 0.0292. The summed E-state index contributed by atoms with van der Waals surface area (Å²) < 4.78 is 10.7. The first-order valence-corrected chi connectivity index (χ1v) is 10.8. The summed E-state index contributed by atoms with van der Waals surface area (Å²) in [6, 6.07) is 7.32. The summed E-state index contributed by atoms with van der Waals surface area (Å²) >= 11 is 1.52. The van der Waals surface area contributed by atoms with E-state index >= 15 is 0 Å². The summed E-state index contributed by atoms with van der Waals surface area (Å²) in [7, 11) is 0. The molecule has 6 nitrogen and oxygen atoms in total. The Morgan fingerprint density at radius 1 is 1.10 bits per heavy atom. The predicted octanol–water partition coefficient (Wildman–Crippen LogP) is 4.77. The molecule has 0 aliphatic carbocycles. The van der Waals surface area contributed by atoms with Crippen molar-refractivity contribution < 1.29 is 18.8 Å². The van der Waals surface area contributed by atoms with Crippen LogP contribution in [0, 0.1) is 13.8 Å². The van der Waals surface area contributed by atoms with Gasteiger partial charge >= 0.3 is 5.97 Å². The average molecular weight is 419 g/mol. The van der Waals surface area contributed by atoms with Gasteiger partial charge in [0.2, 0.25) is 0 Å². The highest BCUT2D eigenvalue weighted by Crippen LogP contribution is 2.29. The molecule has 2 rings (SSSR count). The number of carbonyl (C=O) groups excluding carboxylic acids is 2. The average Bonchev–Trinajstić information content (AvgIpc) is 2.97. The van der Waals surface area contributed by atoms with E-state index in [1.807, 2.05) is 53.7 Å². The zero-order valence-corrected chi connectivity index (χ0v) is 19.0. The minimum Gasteiger partial charge on any atom is -0.449 e. The summed E-state index contributed by atoms with van der Waals surface area (Å²) in [5.41, 5.74) is 2.31. The largest absolute Gasteiger partial charge is 0.449 e. The lowest BCUT2D eigenvalue weighted by Gasteiger charge is -2.32. The zero-order valence-electron chi connectivity index (χ0n) is 18.2. The number of esters is 1. The Kier molecular flexibility index (Phi) is 7.90. The van der Waals surface area contributed by atoms with Crippen LogP contribution in [0.2, 0.25) is 0 Å². The number of ether oxygens (including phenoxy) is 1. The second kappa shape index (κ2) is 9.96. The Hall–Kier alpha value is -2.28. The van der Waals surface area contributed by atoms with Crippen LogP contribution in [-0.4, -0.2) is 40.1 Å². The van der Waals surface area contributed by atoms with Crippen molar-refractivity contribution in [2.24, 2.45) is 0 Å². The van der Waals surface area contributed by atoms with Crippen LogP contribution in [0.25, 0.3) is 0 Å². The third kappa shape index (κ3) is 5.63. The van der Waals surface area contributed by atoms with Crippen molar-refractivity contribution >= 4 is 23.6 Å². The number of thioether (sulfide) groups is 1. The van der Waals surface area contributed by atoms with Crippen molar-refractivity contribution in [3.63, 3.8) is 0 Å². The number of aryl methyl sites for hydroxylation is 2. The van der Waals surface area contributed by atoms with Crippen LogP contribution < -0.4 is 0 Å². The molecule has 0 bridgehead atoms. The third-order valence-electron chi connectivity index (χ3n) is 4.66. The standard InChI is InChI=1S/C22H30N2O4S/c1-13(2)24(14(3)4)21(25)17(7)27-22(26)18-10-8-9-11-20(18)29-12-19-15(5)23-28-16(19)6/h8-11,13-14,17H,12H2,1-7H3/t17-/m1/s1. The van der Waals surface area contributed by atoms with Crippen LogP contribution in [0.3, 0.4) is 0 Å². The maximum absolute atomic E-state index is 12.8. The third-order valence-corrected chi connectivity index (χ3v) is 5.76. The normalized spacial score (nSPS) is 12.3. The molecule has 1 aromatic heterocycles. The Balaban J connectivity index is 2.12. The number of aromatic nitrogens is 1. The number of benzene rings is 1. The van der Waals surface area contributed by atoms with E-state index in [1.54, 1.807) is 24.0 Å². The first-order valence-electron chi connectivity index (χ1n) is 9.80. The highest BCUT2D eigenvalue weighted by Gasteiger charge is 2.28. The maximum Gasteiger partial charge on any atom is 0.340 e. The highest BCUT2D eigenvalue weighted by atomic mass is 32.2. The lowest BCUT2D eigenvalue weighted by atomic mass is 10.2. The molecular weight excluding hydrogens is 388 g/mol. The Labute approximate surface area is 177 Å². The van der Waals surface area contributed by atoms with Gasteiger partial charge in [-0.25, -0.2) is 4.79 Å². The van der Waals surface area contributed by atoms with Gasteiger partial charge in [0.25, 0.3) is 5.91 Å². The van der Waals surface area contributed by atoms with E-state index in [0.717, 1.165) is 21.9 Å². The zero-order chi connectivity index (χ0) is 21.7. The van der Waals surface area contributed by atoms with Gasteiger partial charge in [-0.3, -0.25) is 4.79 Å². The molecule has 2 aromatic rings. The van der Waals surface area contributed by atoms with Crippen LogP contribution in [-0.2, 0) is 15.3 Å². The highest BCUT2D eigenvalue weighted by molar-refractivity contribution is 7.98. The topological polar surface area (TPSA) is 72.6 Å². The Bertz CT molecular complexity index is 833. The fourth-order valence-electron chi connectivity index (χ4n) is 3.21. The van der Waals surface area contributed by atoms with Crippen molar-refractivity contribution in [2.45, 2.75) is 77.3 Å². The molecule has 0 aliphatic heterocycles. The van der Waals surface area contributed by atoms with Crippen LogP contribution in [0.4, 0.5) is 0 Å². The van der Waals surface area contributed by atoms with Gasteiger partial charge in [-0.05, 0) is 60.6 Å². The molecule has 0 spiro atoms. The van der Waals surface area contributed by atoms with E-state index in [9.17, 15) is 9.59 Å². The van der Waals surface area contributed by atoms with E-state index in [1.165, 1.54) is 11.8 Å². The molecule has 0 saturated heterocycles. The van der Waals surface area contributed by atoms with E-state index < -0.39 is 12.1 Å². The van der Waals surface area contributed by atoms with E-state index in [4.69, 9.17) is 9.26 Å². The monoisotopic (exact) mass is 418 g/mol. The van der Waals surface area contributed by atoms with E-state index in [2.05, 4.69) is 5.16 Å². The van der Waals surface area contributed by atoms with Crippen molar-refractivity contribution in [3.8, 4) is 0 Å². The molecule has 0 aliphatic rings. The van der Waals surface area contributed by atoms with Gasteiger partial charge < -0.3 is 14.2 Å². The summed E-state index contributed by atoms with van der Waals surface area (Å²) in [6.07, 6.45) is -0.854. The molecule has 1 aromatic carbocycles. The summed E-state index contributed by atoms with van der Waals surface area (Å²) in [5.74, 6) is 0.718. The molecular formula is C22H30N2O4S. The number of rotatable bonds is 8. The van der Waals surface area contributed by atoms with E-state index in [0.29, 0.717) is 11.3 Å². The van der Waals surface area contributed by atoms with Gasteiger partial charge in [0.1, 0.15) is 5.76 Å². The van der Waals surface area contributed by atoms with Gasteiger partial charge in [0.15, 0.2) is 6.10 Å². The molecule has 0 radical (unpaired) electrons. The van der Waals surface area contributed by atoms with Crippen LogP contribution >= 0.6 is 11.8 Å². The Morgan fingerprint density at radius 3 is 2.28 bits per heavy atom. The molecule has 7 heteroatoms. The fourth-order valence-corrected chi connectivity index (χ4v) is 4.40. The van der Waals surface area contributed by atoms with Gasteiger partial charge in [0.05, 0.1) is 11.3 Å². The lowest BCUT2D eigenvalue weighted by molar-refractivity contribution is -0.143. The molecule has 1 atom stereocenters. The Morgan fingerprint density at radius 2 is 1.72 bits per heavy atom. The molecule has 1 amide bonds. The fraction of sp³-hybridized carbons (Fsp3) is 0.500. The SMILES string of the molecule is Cc1noc(C)c1CSc1ccccc1C(=O)O[C@H](C)C(=O)N(C(C)C)C(C)C. The van der Waals surface area contributed by atoms with E-state index in [-0.39, 0.29) is 18.0 Å². The first kappa shape index (κ1) is 23.0. The number of carbonyl (C=O) groups is 2. The number of nitrogens with zero attached hydrogens (tertiary/aromatic N) is 2. The molecule has 158 valence electrons. The first-order chi connectivity index (χ1) is 13.6. The van der Waals surface area contributed by atoms with Crippen molar-refractivity contribution in [1.82, 2.24) is 10.1 Å². The van der Waals surface area contributed by atoms with Gasteiger partial charge in [-0.2, -0.15) is 0 Å². The van der Waals surface area contributed by atoms with Gasteiger partial charge in [0, 0.05) is 28.3 Å². The molecule has 0 N–H and O–H groups in total. The summed E-state index contributed by atoms with van der Waals surface area (Å²) in [4.78, 5) is 28.1. The second-order valence-electron chi connectivity index (χ2n) is 7.57. The van der Waals surface area contributed by atoms with Crippen LogP contribution in [0.5, 0.6) is 0 Å². The molecule has 0 unspecified atom stereocenters. The smallest absolute Gasteiger partial charge is 0.340 e. The molecule has 1 heterocycles. The second-order valence-corrected chi connectivity index (χ2v) is 8.59. The summed E-state index contributed by atoms with van der Waals surface area (Å²) in [5, 5.41) is 3.97. The van der Waals surface area contributed by atoms with Crippen LogP contribution in [0.15, 0.2) is 33.7 Å². The van der Waals surface area contributed by atoms with Gasteiger partial charge in [-0.1, -0.05) is 17.3 Å². The van der Waals surface area contributed by atoms with Crippen molar-refractivity contribution in [3.05, 3.63) is 46.8 Å². The predicted molar refractivity (Wildman–Crippen MR) is 114 cm³/mol. The number of amides is 1. The quantitative estimate of drug-likeness (QED) is 0.454. The van der Waals surface area contributed by atoms with Crippen LogP contribution in [0.1, 0.15) is 62.0 Å². The number of hydrogen-bond acceptors (Lipinski definition) is 6. The number of hydrogen-bond donors (Lipinski definition) is 0. The molecule has 0 fully saturated rings. The molecule has 0 saturated carbocycles. The molecule has 29 heavy (non-hydrogen) atoms.